The van der Waals surface area contributed by atoms with Crippen LogP contribution in [0.15, 0.2) is 24.3 Å². The van der Waals surface area contributed by atoms with Crippen molar-refractivity contribution in [2.24, 2.45) is 0 Å². The molecule has 6 nitrogen and oxygen atoms in total. The molecule has 0 saturated heterocycles. The third-order valence-electron chi connectivity index (χ3n) is 11.5. The lowest BCUT2D eigenvalue weighted by atomic mass is 10.0. The number of ether oxygens (including phenoxy) is 1. The number of carbonyl (C=O) groups excluding carboxylic acids is 2. The van der Waals surface area contributed by atoms with E-state index in [0.717, 1.165) is 70.6 Å². The fraction of sp³-hybridized carbons (Fsp3) is 0.882. The van der Waals surface area contributed by atoms with Gasteiger partial charge >= 0.3 is 5.97 Å². The first kappa shape index (κ1) is 55.3. The first-order valence-corrected chi connectivity index (χ1v) is 25.1. The highest BCUT2D eigenvalue weighted by Crippen LogP contribution is 2.17. The second-order valence-corrected chi connectivity index (χ2v) is 17.2. The number of amides is 1. The third kappa shape index (κ3) is 40.9. The Labute approximate surface area is 354 Å². The Morgan fingerprint density at radius 3 is 1.30 bits per heavy atom. The number of esters is 1. The zero-order valence-corrected chi connectivity index (χ0v) is 38.2. The van der Waals surface area contributed by atoms with Crippen molar-refractivity contribution in [2.75, 3.05) is 6.61 Å². The van der Waals surface area contributed by atoms with Gasteiger partial charge in [0.15, 0.2) is 0 Å². The molecule has 1 amide bonds. The van der Waals surface area contributed by atoms with Crippen molar-refractivity contribution in [3.05, 3.63) is 24.3 Å². The van der Waals surface area contributed by atoms with Gasteiger partial charge in [-0.05, 0) is 77.0 Å². The fourth-order valence-electron chi connectivity index (χ4n) is 7.65. The van der Waals surface area contributed by atoms with E-state index in [0.29, 0.717) is 19.3 Å². The van der Waals surface area contributed by atoms with E-state index in [1.165, 1.54) is 148 Å². The van der Waals surface area contributed by atoms with Crippen LogP contribution in [0.3, 0.4) is 0 Å². The molecule has 0 aliphatic rings. The number of allylic oxidation sites excluding steroid dienone is 4. The highest BCUT2D eigenvalue weighted by atomic mass is 16.5. The molecule has 3 unspecified atom stereocenters. The van der Waals surface area contributed by atoms with Crippen LogP contribution in [0.4, 0.5) is 0 Å². The van der Waals surface area contributed by atoms with E-state index in [9.17, 15) is 19.8 Å². The lowest BCUT2D eigenvalue weighted by Gasteiger charge is -2.24. The van der Waals surface area contributed by atoms with Crippen molar-refractivity contribution in [1.29, 1.82) is 0 Å². The zero-order valence-electron chi connectivity index (χ0n) is 38.2. The molecule has 0 bridgehead atoms. The predicted molar refractivity (Wildman–Crippen MR) is 246 cm³/mol. The van der Waals surface area contributed by atoms with Gasteiger partial charge in [0.1, 0.15) is 6.10 Å². The van der Waals surface area contributed by atoms with E-state index >= 15 is 0 Å². The number of carbonyl (C=O) groups is 2. The molecular formula is C51H97NO5. The fourth-order valence-corrected chi connectivity index (χ4v) is 7.65. The van der Waals surface area contributed by atoms with Crippen molar-refractivity contribution >= 4 is 11.9 Å². The van der Waals surface area contributed by atoms with Gasteiger partial charge in [-0.25, -0.2) is 0 Å². The van der Waals surface area contributed by atoms with Gasteiger partial charge in [0.05, 0.1) is 25.2 Å². The lowest BCUT2D eigenvalue weighted by molar-refractivity contribution is -0.151. The maximum Gasteiger partial charge on any atom is 0.306 e. The Hall–Kier alpha value is -1.66. The van der Waals surface area contributed by atoms with Crippen LogP contribution in [0.1, 0.15) is 265 Å². The Kier molecular flexibility index (Phi) is 44.1. The van der Waals surface area contributed by atoms with Crippen LogP contribution in [0.25, 0.3) is 0 Å². The molecular weight excluding hydrogens is 707 g/mol. The lowest BCUT2D eigenvalue weighted by Crippen LogP contribution is -2.46. The summed E-state index contributed by atoms with van der Waals surface area (Å²) < 4.78 is 5.91. The molecule has 3 atom stereocenters. The molecule has 336 valence electrons. The van der Waals surface area contributed by atoms with Crippen molar-refractivity contribution in [3.63, 3.8) is 0 Å². The number of hydrogen-bond donors (Lipinski definition) is 3. The van der Waals surface area contributed by atoms with Crippen LogP contribution in [-0.2, 0) is 14.3 Å². The number of hydrogen-bond acceptors (Lipinski definition) is 5. The summed E-state index contributed by atoms with van der Waals surface area (Å²) >= 11 is 0. The van der Waals surface area contributed by atoms with Crippen LogP contribution in [-0.4, -0.2) is 46.9 Å². The number of aliphatic hydroxyl groups excluding tert-OH is 2. The highest BCUT2D eigenvalue weighted by Gasteiger charge is 2.24. The van der Waals surface area contributed by atoms with Gasteiger partial charge in [0, 0.05) is 6.42 Å². The van der Waals surface area contributed by atoms with Gasteiger partial charge in [-0.3, -0.25) is 9.59 Å². The SMILES string of the molecule is CCCCC/C=C\CCCCCCCC(=O)OC(CCCCC/C=C/CCCCCCCCCCC)CC(=O)NC(CO)C(O)CCCCCCCCCCCC. The summed E-state index contributed by atoms with van der Waals surface area (Å²) in [6.45, 7) is 6.45. The average Bonchev–Trinajstić information content (AvgIpc) is 3.20. The minimum Gasteiger partial charge on any atom is -0.462 e. The Morgan fingerprint density at radius 2 is 0.842 bits per heavy atom. The molecule has 3 N–H and O–H groups in total. The van der Waals surface area contributed by atoms with Crippen molar-refractivity contribution < 1.29 is 24.5 Å². The summed E-state index contributed by atoms with van der Waals surface area (Å²) in [6.07, 6.45) is 50.9. The van der Waals surface area contributed by atoms with Crippen molar-refractivity contribution in [2.45, 2.75) is 283 Å². The second-order valence-electron chi connectivity index (χ2n) is 17.2. The monoisotopic (exact) mass is 804 g/mol. The summed E-state index contributed by atoms with van der Waals surface area (Å²) in [7, 11) is 0. The summed E-state index contributed by atoms with van der Waals surface area (Å²) in [5.41, 5.74) is 0. The van der Waals surface area contributed by atoms with E-state index in [1.807, 2.05) is 0 Å². The van der Waals surface area contributed by atoms with Gasteiger partial charge in [0.2, 0.25) is 5.91 Å². The van der Waals surface area contributed by atoms with E-state index < -0.39 is 18.2 Å². The molecule has 0 spiro atoms. The van der Waals surface area contributed by atoms with Gasteiger partial charge < -0.3 is 20.3 Å². The molecule has 0 fully saturated rings. The average molecular weight is 804 g/mol. The molecule has 0 heterocycles. The molecule has 0 aromatic carbocycles. The van der Waals surface area contributed by atoms with Gasteiger partial charge in [-0.2, -0.15) is 0 Å². The predicted octanol–water partition coefficient (Wildman–Crippen LogP) is 14.7. The Balaban J connectivity index is 4.60. The zero-order chi connectivity index (χ0) is 41.7. The van der Waals surface area contributed by atoms with Crippen LogP contribution >= 0.6 is 0 Å². The maximum atomic E-state index is 13.2. The van der Waals surface area contributed by atoms with E-state index in [2.05, 4.69) is 50.4 Å². The van der Waals surface area contributed by atoms with Crippen LogP contribution in [0.2, 0.25) is 0 Å². The molecule has 0 saturated carbocycles. The molecule has 0 aliphatic heterocycles. The molecule has 0 radical (unpaired) electrons. The topological polar surface area (TPSA) is 95.9 Å². The second kappa shape index (κ2) is 45.4. The molecule has 0 aliphatic carbocycles. The highest BCUT2D eigenvalue weighted by molar-refractivity contribution is 5.77. The molecule has 57 heavy (non-hydrogen) atoms. The molecule has 0 aromatic heterocycles. The van der Waals surface area contributed by atoms with Crippen molar-refractivity contribution in [1.82, 2.24) is 5.32 Å². The van der Waals surface area contributed by atoms with Crippen LogP contribution in [0, 0.1) is 0 Å². The number of rotatable bonds is 45. The number of nitrogens with one attached hydrogen (secondary N) is 1. The van der Waals surface area contributed by atoms with E-state index in [4.69, 9.17) is 4.74 Å². The van der Waals surface area contributed by atoms with Gasteiger partial charge in [0.25, 0.3) is 0 Å². The van der Waals surface area contributed by atoms with E-state index in [1.54, 1.807) is 0 Å². The minimum absolute atomic E-state index is 0.0673. The Bertz CT molecular complexity index is 904. The number of unbranched alkanes of at least 4 members (excludes halogenated alkanes) is 29. The first-order valence-electron chi connectivity index (χ1n) is 25.1. The summed E-state index contributed by atoms with van der Waals surface area (Å²) in [5.74, 6) is -0.491. The normalized spacial score (nSPS) is 13.4. The molecule has 0 rings (SSSR count). The van der Waals surface area contributed by atoms with Crippen LogP contribution < -0.4 is 5.32 Å². The third-order valence-corrected chi connectivity index (χ3v) is 11.5. The Morgan fingerprint density at radius 1 is 0.491 bits per heavy atom. The quantitative estimate of drug-likeness (QED) is 0.0324. The van der Waals surface area contributed by atoms with E-state index in [-0.39, 0.29) is 24.9 Å². The summed E-state index contributed by atoms with van der Waals surface area (Å²) in [5, 5.41) is 23.7. The molecule has 6 heteroatoms. The van der Waals surface area contributed by atoms with Gasteiger partial charge in [-0.1, -0.05) is 199 Å². The summed E-state index contributed by atoms with van der Waals surface area (Å²) in [6, 6.07) is -0.702. The minimum atomic E-state index is -0.788. The standard InChI is InChI=1S/C51H97NO5/c1-4-7-10-13-16-19-22-24-25-26-27-28-30-33-36-39-42-47(57-51(56)44-41-38-35-32-29-23-20-17-14-11-8-5-2)45-50(55)52-48(46-53)49(54)43-40-37-34-31-21-18-15-12-9-6-3/h17,20,27-28,47-49,53-54H,4-16,18-19,21-26,29-46H2,1-3H3,(H,52,55)/b20-17-,28-27+. The molecule has 0 aromatic rings. The largest absolute Gasteiger partial charge is 0.462 e. The smallest absolute Gasteiger partial charge is 0.306 e. The number of aliphatic hydroxyl groups is 2. The summed E-state index contributed by atoms with van der Waals surface area (Å²) in [4.78, 5) is 26.1. The van der Waals surface area contributed by atoms with Crippen LogP contribution in [0.5, 0.6) is 0 Å². The van der Waals surface area contributed by atoms with Gasteiger partial charge in [-0.15, -0.1) is 0 Å². The van der Waals surface area contributed by atoms with Crippen molar-refractivity contribution in [3.8, 4) is 0 Å². The maximum absolute atomic E-state index is 13.2. The first-order chi connectivity index (χ1) is 28.0.